The van der Waals surface area contributed by atoms with Crippen LogP contribution in [-0.2, 0) is 47.4 Å². The highest BCUT2D eigenvalue weighted by Gasteiger charge is 2.45. The summed E-state index contributed by atoms with van der Waals surface area (Å²) in [6.45, 7) is 16.0. The van der Waals surface area contributed by atoms with Crippen molar-refractivity contribution in [3.63, 3.8) is 0 Å². The molecule has 0 radical (unpaired) electrons. The summed E-state index contributed by atoms with van der Waals surface area (Å²) in [7, 11) is 6.65. The van der Waals surface area contributed by atoms with E-state index in [1.165, 1.54) is 57.8 Å². The third-order valence-electron chi connectivity index (χ3n) is 10.5. The number of ether oxygens (including phenoxy) is 10. The first kappa shape index (κ1) is 53.0. The molecule has 0 spiro atoms. The second-order valence-corrected chi connectivity index (χ2v) is 15.0. The van der Waals surface area contributed by atoms with E-state index in [4.69, 9.17) is 53.1 Å². The Morgan fingerprint density at radius 1 is 0.607 bits per heavy atom. The van der Waals surface area contributed by atoms with Crippen molar-refractivity contribution in [1.29, 1.82) is 0 Å². The molecular weight excluding hydrogens is 722 g/mol. The van der Waals surface area contributed by atoms with Gasteiger partial charge >= 0.3 is 0 Å². The molecule has 2 fully saturated rings. The van der Waals surface area contributed by atoms with Crippen LogP contribution in [0.5, 0.6) is 0 Å². The summed E-state index contributed by atoms with van der Waals surface area (Å²) in [5.74, 6) is -0.0990. The van der Waals surface area contributed by atoms with Crippen LogP contribution in [0.1, 0.15) is 111 Å². The Bertz CT molecular complexity index is 861. The molecular formula is C43H83NO12. The van der Waals surface area contributed by atoms with Crippen LogP contribution in [0.2, 0.25) is 0 Å². The maximum atomic E-state index is 10.7. The van der Waals surface area contributed by atoms with Crippen LogP contribution in [0, 0.1) is 5.92 Å². The van der Waals surface area contributed by atoms with Gasteiger partial charge in [0.2, 0.25) is 0 Å². The monoisotopic (exact) mass is 806 g/mol. The number of methoxy groups -OCH3 is 4. The van der Waals surface area contributed by atoms with E-state index in [0.29, 0.717) is 33.0 Å². The van der Waals surface area contributed by atoms with E-state index in [1.807, 2.05) is 6.92 Å². The van der Waals surface area contributed by atoms with Gasteiger partial charge in [-0.25, -0.2) is 0 Å². The Balaban J connectivity index is 0.000000560. The number of nitrogens with two attached hydrogens (primary N) is 1. The van der Waals surface area contributed by atoms with E-state index in [2.05, 4.69) is 27.0 Å². The van der Waals surface area contributed by atoms with Crippen molar-refractivity contribution in [3.8, 4) is 0 Å². The lowest BCUT2D eigenvalue weighted by Gasteiger charge is -2.43. The lowest BCUT2D eigenvalue weighted by molar-refractivity contribution is -0.288. The van der Waals surface area contributed by atoms with E-state index < -0.39 is 49.1 Å². The van der Waals surface area contributed by atoms with Crippen molar-refractivity contribution >= 4 is 0 Å². The molecule has 332 valence electrons. The lowest BCUT2D eigenvalue weighted by Crippen LogP contribution is -2.63. The van der Waals surface area contributed by atoms with Crippen LogP contribution in [0.15, 0.2) is 25.3 Å². The Morgan fingerprint density at radius 3 is 1.48 bits per heavy atom. The summed E-state index contributed by atoms with van der Waals surface area (Å²) < 4.78 is 56.5. The fourth-order valence-corrected chi connectivity index (χ4v) is 7.11. The van der Waals surface area contributed by atoms with Crippen molar-refractivity contribution in [2.45, 2.75) is 178 Å². The van der Waals surface area contributed by atoms with Crippen molar-refractivity contribution < 1.29 is 57.6 Å². The topological polar surface area (TPSA) is 159 Å². The molecule has 2 heterocycles. The zero-order valence-corrected chi connectivity index (χ0v) is 36.2. The molecule has 0 aliphatic carbocycles. The van der Waals surface area contributed by atoms with E-state index in [9.17, 15) is 10.2 Å². The van der Waals surface area contributed by atoms with Gasteiger partial charge in [-0.1, -0.05) is 97.1 Å². The van der Waals surface area contributed by atoms with Crippen LogP contribution in [0.3, 0.4) is 0 Å². The van der Waals surface area contributed by atoms with Gasteiger partial charge in [0.15, 0.2) is 12.6 Å². The van der Waals surface area contributed by atoms with Gasteiger partial charge in [0.25, 0.3) is 0 Å². The molecule has 0 bridgehead atoms. The van der Waals surface area contributed by atoms with E-state index in [-0.39, 0.29) is 30.8 Å². The first-order chi connectivity index (χ1) is 27.2. The number of unbranched alkanes of at least 4 members (excludes halogenated alkanes) is 8. The fraction of sp³-hybridized carbons (Fsp3) is 0.907. The van der Waals surface area contributed by atoms with Crippen molar-refractivity contribution in [2.75, 3.05) is 68.1 Å². The highest BCUT2D eigenvalue weighted by Crippen LogP contribution is 2.30. The number of hydrogen-bond acceptors (Lipinski definition) is 13. The summed E-state index contributed by atoms with van der Waals surface area (Å²) in [5.41, 5.74) is 6.25. The van der Waals surface area contributed by atoms with Gasteiger partial charge in [-0.05, 0) is 25.7 Å². The largest absolute Gasteiger partial charge is 0.388 e. The minimum Gasteiger partial charge on any atom is -0.388 e. The van der Waals surface area contributed by atoms with Crippen LogP contribution >= 0.6 is 0 Å². The Hall–Kier alpha value is -1.04. The smallest absolute Gasteiger partial charge is 0.176 e. The first-order valence-electron chi connectivity index (χ1n) is 21.3. The molecule has 0 aromatic carbocycles. The van der Waals surface area contributed by atoms with E-state index in [1.54, 1.807) is 40.6 Å². The standard InChI is InChI=1S/C22H42O6.C21H41NO6/c1-6-8-9-10-11-12-18(25-5)13-15-26-21-17(3)22(27-14-7-2)28-19(16-24-4)20(21)23;1-5-7-8-9-10-11-16(25-4)12-14-26-20-18(22)21(27-13-6-2)28-17(15-24-3)19(20)23/h7,17-23H,2,6,8-16H2,1,3-5H3;6,16-21,23H,2,5,7-15,22H2,1,3-4H3. The normalized spacial score (nSPS) is 29.0. The third kappa shape index (κ3) is 20.8. The molecule has 13 heteroatoms. The first-order valence-corrected chi connectivity index (χ1v) is 21.3. The Kier molecular flexibility index (Phi) is 31.9. The molecule has 56 heavy (non-hydrogen) atoms. The molecule has 4 N–H and O–H groups in total. The number of aliphatic hydroxyl groups excluding tert-OH is 2. The van der Waals surface area contributed by atoms with Gasteiger partial charge in [0.05, 0.1) is 50.8 Å². The predicted octanol–water partition coefficient (Wildman–Crippen LogP) is 6.11. The molecule has 2 saturated heterocycles. The Morgan fingerprint density at radius 2 is 1.04 bits per heavy atom. The van der Waals surface area contributed by atoms with Crippen molar-refractivity contribution in [2.24, 2.45) is 11.7 Å². The zero-order valence-electron chi connectivity index (χ0n) is 36.2. The van der Waals surface area contributed by atoms with Gasteiger partial charge in [0, 0.05) is 47.6 Å². The number of rotatable bonds is 32. The highest BCUT2D eigenvalue weighted by molar-refractivity contribution is 4.93. The van der Waals surface area contributed by atoms with Crippen LogP contribution in [-0.4, -0.2) is 146 Å². The summed E-state index contributed by atoms with van der Waals surface area (Å²) >= 11 is 0. The zero-order chi connectivity index (χ0) is 41.6. The second kappa shape index (κ2) is 33.8. The molecule has 12 unspecified atom stereocenters. The van der Waals surface area contributed by atoms with Gasteiger partial charge in [0.1, 0.15) is 30.5 Å². The van der Waals surface area contributed by atoms with Gasteiger partial charge in [-0.15, -0.1) is 13.2 Å². The maximum Gasteiger partial charge on any atom is 0.176 e. The molecule has 0 aromatic rings. The van der Waals surface area contributed by atoms with Crippen LogP contribution < -0.4 is 5.73 Å². The predicted molar refractivity (Wildman–Crippen MR) is 220 cm³/mol. The van der Waals surface area contributed by atoms with Crippen LogP contribution in [0.4, 0.5) is 0 Å². The molecule has 2 rings (SSSR count). The summed E-state index contributed by atoms with van der Waals surface area (Å²) in [6, 6.07) is -0.599. The summed E-state index contributed by atoms with van der Waals surface area (Å²) in [4.78, 5) is 0. The number of hydrogen-bond donors (Lipinski definition) is 3. The fourth-order valence-electron chi connectivity index (χ4n) is 7.11. The second-order valence-electron chi connectivity index (χ2n) is 15.0. The summed E-state index contributed by atoms with van der Waals surface area (Å²) in [6.07, 6.45) is 15.0. The molecule has 2 aliphatic rings. The molecule has 0 saturated carbocycles. The van der Waals surface area contributed by atoms with Crippen LogP contribution in [0.25, 0.3) is 0 Å². The SMILES string of the molecule is C=CCOC1OC(COC)C(O)C(OCCC(CCCCCCC)OC)C1C.C=CCOC1OC(COC)C(O)C(OCCC(CCCCCCC)OC)C1N. The minimum atomic E-state index is -0.881. The van der Waals surface area contributed by atoms with Crippen molar-refractivity contribution in [3.05, 3.63) is 25.3 Å². The van der Waals surface area contributed by atoms with E-state index in [0.717, 1.165) is 32.1 Å². The minimum absolute atomic E-state index is 0.0990. The van der Waals surface area contributed by atoms with Crippen molar-refractivity contribution in [1.82, 2.24) is 0 Å². The molecule has 13 nitrogen and oxygen atoms in total. The Labute approximate surface area is 340 Å². The lowest BCUT2D eigenvalue weighted by atomic mass is 9.92. The van der Waals surface area contributed by atoms with Gasteiger partial charge < -0.3 is 63.3 Å². The molecule has 12 atom stereocenters. The van der Waals surface area contributed by atoms with Gasteiger partial charge in [-0.2, -0.15) is 0 Å². The average Bonchev–Trinajstić information content (AvgIpc) is 3.20. The molecule has 0 aromatic heterocycles. The highest BCUT2D eigenvalue weighted by atomic mass is 16.7. The number of aliphatic hydroxyl groups is 2. The van der Waals surface area contributed by atoms with E-state index >= 15 is 0 Å². The molecule has 0 amide bonds. The molecule has 2 aliphatic heterocycles. The average molecular weight is 806 g/mol. The maximum absolute atomic E-state index is 10.7. The quantitative estimate of drug-likeness (QED) is 0.0529. The third-order valence-corrected chi connectivity index (χ3v) is 10.5. The van der Waals surface area contributed by atoms with Gasteiger partial charge in [-0.3, -0.25) is 0 Å². The summed E-state index contributed by atoms with van der Waals surface area (Å²) in [5, 5.41) is 21.3.